The number of para-hydroxylation sites is 1. The Kier molecular flexibility index (Phi) is 5.52. The number of nitrogens with one attached hydrogen (secondary N) is 2. The van der Waals surface area contributed by atoms with E-state index < -0.39 is 0 Å². The number of rotatable bonds is 7. The molecule has 0 unspecified atom stereocenters. The summed E-state index contributed by atoms with van der Waals surface area (Å²) in [5.74, 6) is -0.289. The van der Waals surface area contributed by atoms with Crippen LogP contribution in [0, 0.1) is 12.7 Å². The number of nitrogens with zero attached hydrogens (tertiary/aromatic N) is 2. The lowest BCUT2D eigenvalue weighted by Crippen LogP contribution is -2.29. The lowest BCUT2D eigenvalue weighted by atomic mass is 10.2. The predicted octanol–water partition coefficient (Wildman–Crippen LogP) is 2.04. The van der Waals surface area contributed by atoms with E-state index in [2.05, 4.69) is 15.5 Å². The number of hydrogen-bond acceptors (Lipinski definition) is 3. The van der Waals surface area contributed by atoms with Crippen LogP contribution in [0.4, 0.5) is 10.1 Å². The van der Waals surface area contributed by atoms with Gasteiger partial charge in [0.2, 0.25) is 5.91 Å². The largest absolute Gasteiger partial charge is 0.372 e. The van der Waals surface area contributed by atoms with Crippen molar-refractivity contribution in [2.24, 2.45) is 0 Å². The molecule has 0 atom stereocenters. The molecule has 0 radical (unpaired) electrons. The van der Waals surface area contributed by atoms with Crippen molar-refractivity contribution in [1.82, 2.24) is 15.5 Å². The first-order valence-corrected chi connectivity index (χ1v) is 7.29. The lowest BCUT2D eigenvalue weighted by molar-refractivity contribution is -0.120. The van der Waals surface area contributed by atoms with Crippen molar-refractivity contribution >= 4 is 11.6 Å². The Balaban J connectivity index is 1.68. The van der Waals surface area contributed by atoms with Crippen molar-refractivity contribution < 1.29 is 9.18 Å². The molecule has 1 aromatic heterocycles. The van der Waals surface area contributed by atoms with Crippen molar-refractivity contribution in [3.8, 4) is 0 Å². The van der Waals surface area contributed by atoms with Gasteiger partial charge in [0, 0.05) is 25.8 Å². The summed E-state index contributed by atoms with van der Waals surface area (Å²) in [5, 5.41) is 9.68. The second-order valence-corrected chi connectivity index (χ2v) is 5.30. The molecule has 1 amide bonds. The smallest absolute Gasteiger partial charge is 0.226 e. The molecular formula is C16H21FN4O. The predicted molar refractivity (Wildman–Crippen MR) is 84.3 cm³/mol. The summed E-state index contributed by atoms with van der Waals surface area (Å²) in [6.07, 6.45) is 1.02. The number of benzene rings is 1. The number of hydrogen-bond donors (Lipinski definition) is 2. The highest BCUT2D eigenvalue weighted by atomic mass is 19.1. The summed E-state index contributed by atoms with van der Waals surface area (Å²) in [6, 6.07) is 8.52. The lowest BCUT2D eigenvalue weighted by Gasteiger charge is -2.19. The van der Waals surface area contributed by atoms with E-state index in [1.807, 2.05) is 31.0 Å². The average Bonchev–Trinajstić information content (AvgIpc) is 2.89. The molecular weight excluding hydrogens is 283 g/mol. The quantitative estimate of drug-likeness (QED) is 0.770. The van der Waals surface area contributed by atoms with Crippen molar-refractivity contribution in [1.29, 1.82) is 0 Å². The van der Waals surface area contributed by atoms with Gasteiger partial charge in [-0.15, -0.1) is 0 Å². The number of aromatic nitrogens is 2. The summed E-state index contributed by atoms with van der Waals surface area (Å²) < 4.78 is 13.6. The fraction of sp³-hybridized carbons (Fsp3) is 0.375. The van der Waals surface area contributed by atoms with Crippen molar-refractivity contribution in [3.05, 3.63) is 47.5 Å². The normalized spacial score (nSPS) is 10.5. The van der Waals surface area contributed by atoms with E-state index in [9.17, 15) is 9.18 Å². The number of halogens is 1. The molecule has 118 valence electrons. The molecule has 0 bridgehead atoms. The second-order valence-electron chi connectivity index (χ2n) is 5.30. The highest BCUT2D eigenvalue weighted by Crippen LogP contribution is 2.16. The first-order chi connectivity index (χ1) is 10.6. The molecule has 1 aromatic carbocycles. The first kappa shape index (κ1) is 16.0. The van der Waals surface area contributed by atoms with E-state index in [4.69, 9.17) is 0 Å². The minimum absolute atomic E-state index is 0.0555. The zero-order valence-corrected chi connectivity index (χ0v) is 12.9. The number of carbonyl (C=O) groups excluding carboxylic acids is 1. The van der Waals surface area contributed by atoms with Crippen LogP contribution in [0.1, 0.15) is 17.8 Å². The van der Waals surface area contributed by atoms with Crippen LogP contribution in [-0.4, -0.2) is 36.2 Å². The van der Waals surface area contributed by atoms with Crippen LogP contribution < -0.4 is 10.2 Å². The molecule has 0 aliphatic rings. The Hall–Kier alpha value is -2.37. The molecule has 0 spiro atoms. The number of amides is 1. The van der Waals surface area contributed by atoms with Crippen molar-refractivity contribution in [3.63, 3.8) is 0 Å². The molecule has 0 fully saturated rings. The molecule has 1 heterocycles. The van der Waals surface area contributed by atoms with Gasteiger partial charge in [0.15, 0.2) is 0 Å². The minimum atomic E-state index is -0.233. The van der Waals surface area contributed by atoms with E-state index in [1.54, 1.807) is 12.1 Å². The Morgan fingerprint density at radius 1 is 1.41 bits per heavy atom. The van der Waals surface area contributed by atoms with Gasteiger partial charge >= 0.3 is 0 Å². The Morgan fingerprint density at radius 3 is 2.86 bits per heavy atom. The summed E-state index contributed by atoms with van der Waals surface area (Å²) >= 11 is 0. The van der Waals surface area contributed by atoms with Gasteiger partial charge in [-0.05, 0) is 31.5 Å². The highest BCUT2D eigenvalue weighted by Gasteiger charge is 2.08. The molecule has 2 rings (SSSR count). The van der Waals surface area contributed by atoms with E-state index in [1.165, 1.54) is 6.07 Å². The zero-order valence-electron chi connectivity index (χ0n) is 12.9. The second kappa shape index (κ2) is 7.59. The third-order valence-electron chi connectivity index (χ3n) is 3.36. The van der Waals surface area contributed by atoms with Crippen LogP contribution in [-0.2, 0) is 11.2 Å². The monoisotopic (exact) mass is 304 g/mol. The summed E-state index contributed by atoms with van der Waals surface area (Å²) in [5.41, 5.74) is 2.24. The van der Waals surface area contributed by atoms with Gasteiger partial charge in [0.1, 0.15) is 5.82 Å². The van der Waals surface area contributed by atoms with E-state index in [0.717, 1.165) is 17.8 Å². The number of aromatic amines is 1. The van der Waals surface area contributed by atoms with Crippen molar-refractivity contribution in [2.75, 3.05) is 25.0 Å². The van der Waals surface area contributed by atoms with Crippen LogP contribution in [0.15, 0.2) is 30.3 Å². The fourth-order valence-corrected chi connectivity index (χ4v) is 2.22. The standard InChI is InChI=1S/C16H21FN4O/c1-12-10-13(20-19-12)11-16(22)18-8-5-9-21(2)15-7-4-3-6-14(15)17/h3-4,6-7,10H,5,8-9,11H2,1-2H3,(H,18,22)(H,19,20). The molecule has 5 nitrogen and oxygen atoms in total. The number of aryl methyl sites for hydroxylation is 1. The molecule has 2 aromatic rings. The van der Waals surface area contributed by atoms with Gasteiger partial charge in [-0.1, -0.05) is 12.1 Å². The Bertz CT molecular complexity index is 626. The summed E-state index contributed by atoms with van der Waals surface area (Å²) in [4.78, 5) is 13.6. The van der Waals surface area contributed by atoms with E-state index in [-0.39, 0.29) is 18.1 Å². The molecule has 6 heteroatoms. The van der Waals surface area contributed by atoms with E-state index >= 15 is 0 Å². The summed E-state index contributed by atoms with van der Waals surface area (Å²) in [7, 11) is 1.84. The Labute approximate surface area is 129 Å². The van der Waals surface area contributed by atoms with Gasteiger partial charge in [0.05, 0.1) is 17.8 Å². The number of carbonyl (C=O) groups is 1. The van der Waals surface area contributed by atoms with Crippen LogP contribution in [0.5, 0.6) is 0 Å². The molecule has 22 heavy (non-hydrogen) atoms. The topological polar surface area (TPSA) is 61.0 Å². The maximum Gasteiger partial charge on any atom is 0.226 e. The maximum atomic E-state index is 13.6. The van der Waals surface area contributed by atoms with Crippen LogP contribution >= 0.6 is 0 Å². The van der Waals surface area contributed by atoms with Crippen LogP contribution in [0.3, 0.4) is 0 Å². The third kappa shape index (κ3) is 4.58. The molecule has 0 saturated carbocycles. The van der Waals surface area contributed by atoms with Gasteiger partial charge in [0.25, 0.3) is 0 Å². The fourth-order valence-electron chi connectivity index (χ4n) is 2.22. The maximum absolute atomic E-state index is 13.6. The number of anilines is 1. The summed E-state index contributed by atoms with van der Waals surface area (Å²) in [6.45, 7) is 3.12. The third-order valence-corrected chi connectivity index (χ3v) is 3.36. The van der Waals surface area contributed by atoms with Crippen LogP contribution in [0.2, 0.25) is 0 Å². The van der Waals surface area contributed by atoms with Gasteiger partial charge in [-0.3, -0.25) is 9.89 Å². The van der Waals surface area contributed by atoms with Gasteiger partial charge in [-0.25, -0.2) is 4.39 Å². The van der Waals surface area contributed by atoms with Crippen LogP contribution in [0.25, 0.3) is 0 Å². The zero-order chi connectivity index (χ0) is 15.9. The van der Waals surface area contributed by atoms with Gasteiger partial charge in [-0.2, -0.15) is 5.10 Å². The van der Waals surface area contributed by atoms with E-state index in [0.29, 0.717) is 18.8 Å². The Morgan fingerprint density at radius 2 is 2.18 bits per heavy atom. The SMILES string of the molecule is Cc1cc(CC(=O)NCCCN(C)c2ccccc2F)n[nH]1. The highest BCUT2D eigenvalue weighted by molar-refractivity contribution is 5.78. The molecule has 0 aliphatic heterocycles. The van der Waals surface area contributed by atoms with Gasteiger partial charge < -0.3 is 10.2 Å². The molecule has 0 saturated heterocycles. The number of H-pyrrole nitrogens is 1. The van der Waals surface area contributed by atoms with Crippen molar-refractivity contribution in [2.45, 2.75) is 19.8 Å². The first-order valence-electron chi connectivity index (χ1n) is 7.29. The average molecular weight is 304 g/mol. The molecule has 0 aliphatic carbocycles. The molecule has 2 N–H and O–H groups in total. The minimum Gasteiger partial charge on any atom is -0.372 e.